The van der Waals surface area contributed by atoms with Crippen LogP contribution in [0.25, 0.3) is 0 Å². The van der Waals surface area contributed by atoms with Crippen molar-refractivity contribution in [1.82, 2.24) is 0 Å². The van der Waals surface area contributed by atoms with Crippen LogP contribution in [0.2, 0.25) is 0 Å². The largest absolute Gasteiger partial charge is 0.460 e. The van der Waals surface area contributed by atoms with Gasteiger partial charge in [-0.1, -0.05) is 11.8 Å². The summed E-state index contributed by atoms with van der Waals surface area (Å²) in [5, 5.41) is 0.148. The third-order valence-electron chi connectivity index (χ3n) is 2.70. The van der Waals surface area contributed by atoms with Crippen LogP contribution in [0.15, 0.2) is 0 Å². The highest BCUT2D eigenvalue weighted by molar-refractivity contribution is 8.13. The van der Waals surface area contributed by atoms with Crippen molar-refractivity contribution in [3.05, 3.63) is 0 Å². The first-order chi connectivity index (χ1) is 8.29. The molecule has 0 aromatic heterocycles. The monoisotopic (exact) mass is 290 g/mol. The molecule has 1 rings (SSSR count). The van der Waals surface area contributed by atoms with Gasteiger partial charge in [0.05, 0.1) is 5.92 Å². The first-order valence-corrected chi connectivity index (χ1v) is 8.37. The smallest absolute Gasteiger partial charge is 0.310 e. The lowest BCUT2D eigenvalue weighted by molar-refractivity contribution is -0.160. The summed E-state index contributed by atoms with van der Waals surface area (Å²) in [6, 6.07) is 0. The van der Waals surface area contributed by atoms with Gasteiger partial charge in [0.2, 0.25) is 0 Å². The number of esters is 1. The molecule has 0 unspecified atom stereocenters. The minimum absolute atomic E-state index is 0.00165. The van der Waals surface area contributed by atoms with Crippen molar-refractivity contribution in [2.75, 3.05) is 17.3 Å². The quantitative estimate of drug-likeness (QED) is 0.745. The highest BCUT2D eigenvalue weighted by Crippen LogP contribution is 2.34. The maximum absolute atomic E-state index is 12.1. The van der Waals surface area contributed by atoms with Crippen LogP contribution >= 0.6 is 23.5 Å². The molecule has 0 saturated carbocycles. The fraction of sp³-hybridized carbons (Fsp3) is 0.846. The van der Waals surface area contributed by atoms with E-state index < -0.39 is 5.60 Å². The summed E-state index contributed by atoms with van der Waals surface area (Å²) < 4.78 is 5.45. The van der Waals surface area contributed by atoms with Gasteiger partial charge in [0.1, 0.15) is 5.60 Å². The zero-order valence-electron chi connectivity index (χ0n) is 11.5. The minimum Gasteiger partial charge on any atom is -0.460 e. The third-order valence-corrected chi connectivity index (χ3v) is 4.81. The molecule has 3 nitrogen and oxygen atoms in total. The van der Waals surface area contributed by atoms with Gasteiger partial charge < -0.3 is 4.74 Å². The van der Waals surface area contributed by atoms with Gasteiger partial charge in [-0.25, -0.2) is 0 Å². The maximum atomic E-state index is 12.1. The van der Waals surface area contributed by atoms with Gasteiger partial charge in [-0.05, 0) is 38.9 Å². The Morgan fingerprint density at radius 2 is 2.00 bits per heavy atom. The highest BCUT2D eigenvalue weighted by atomic mass is 32.2. The van der Waals surface area contributed by atoms with Gasteiger partial charge in [0.25, 0.3) is 0 Å². The van der Waals surface area contributed by atoms with E-state index in [1.165, 1.54) is 11.8 Å². The molecule has 1 aliphatic rings. The van der Waals surface area contributed by atoms with E-state index in [1.807, 2.05) is 32.5 Å². The summed E-state index contributed by atoms with van der Waals surface area (Å²) in [6.45, 7) is 7.27. The fourth-order valence-corrected chi connectivity index (χ4v) is 4.08. The molecule has 0 bridgehead atoms. The van der Waals surface area contributed by atoms with E-state index >= 15 is 0 Å². The molecule has 1 saturated heterocycles. The van der Waals surface area contributed by atoms with E-state index in [1.54, 1.807) is 6.92 Å². The van der Waals surface area contributed by atoms with E-state index in [4.69, 9.17) is 4.74 Å². The second kappa shape index (κ2) is 6.85. The number of hydrogen-bond acceptors (Lipinski definition) is 5. The highest BCUT2D eigenvalue weighted by Gasteiger charge is 2.36. The van der Waals surface area contributed by atoms with Crippen LogP contribution in [0, 0.1) is 11.8 Å². The van der Waals surface area contributed by atoms with Crippen molar-refractivity contribution in [2.45, 2.75) is 39.7 Å². The molecule has 1 fully saturated rings. The Morgan fingerprint density at radius 3 is 2.56 bits per heavy atom. The second-order valence-electron chi connectivity index (χ2n) is 5.57. The number of ether oxygens (including phenoxy) is 1. The average Bonchev–Trinajstić information content (AvgIpc) is 2.62. The number of hydrogen-bond donors (Lipinski definition) is 0. The zero-order chi connectivity index (χ0) is 13.8. The second-order valence-corrected chi connectivity index (χ2v) is 7.91. The van der Waals surface area contributed by atoms with Crippen LogP contribution in [0.3, 0.4) is 0 Å². The summed E-state index contributed by atoms with van der Waals surface area (Å²) in [5.74, 6) is 2.94. The van der Waals surface area contributed by atoms with Gasteiger partial charge in [0.15, 0.2) is 5.12 Å². The molecule has 0 aromatic rings. The van der Waals surface area contributed by atoms with Crippen molar-refractivity contribution in [3.8, 4) is 0 Å². The molecule has 0 spiro atoms. The zero-order valence-corrected chi connectivity index (χ0v) is 13.2. The average molecular weight is 290 g/mol. The molecule has 1 heterocycles. The molecule has 2 atom stereocenters. The summed E-state index contributed by atoms with van der Waals surface area (Å²) in [5.41, 5.74) is -0.414. The van der Waals surface area contributed by atoms with Crippen molar-refractivity contribution >= 4 is 34.6 Å². The lowest BCUT2D eigenvalue weighted by Crippen LogP contribution is -2.32. The number of carbonyl (C=O) groups excluding carboxylic acids is 2. The number of thioether (sulfide) groups is 2. The molecule has 0 N–H and O–H groups in total. The molecule has 0 radical (unpaired) electrons. The van der Waals surface area contributed by atoms with Gasteiger partial charge in [0, 0.05) is 18.4 Å². The molecular weight excluding hydrogens is 268 g/mol. The van der Waals surface area contributed by atoms with Gasteiger partial charge >= 0.3 is 5.97 Å². The number of carbonyl (C=O) groups is 2. The molecule has 0 aliphatic carbocycles. The van der Waals surface area contributed by atoms with Crippen LogP contribution < -0.4 is 0 Å². The summed E-state index contributed by atoms with van der Waals surface area (Å²) in [4.78, 5) is 22.9. The lowest BCUT2D eigenvalue weighted by Gasteiger charge is -2.24. The molecule has 5 heteroatoms. The van der Waals surface area contributed by atoms with Crippen molar-refractivity contribution in [3.63, 3.8) is 0 Å². The SMILES string of the molecule is CC(=O)SCC[C@H]1CSC[C@@H]1C(=O)OC(C)(C)C. The normalized spacial score (nSPS) is 24.0. The van der Waals surface area contributed by atoms with Gasteiger partial charge in [-0.2, -0.15) is 11.8 Å². The Morgan fingerprint density at radius 1 is 1.33 bits per heavy atom. The van der Waals surface area contributed by atoms with Crippen LogP contribution in [-0.2, 0) is 14.3 Å². The predicted octanol–water partition coefficient (Wildman–Crippen LogP) is 2.98. The van der Waals surface area contributed by atoms with E-state index in [0.717, 1.165) is 23.7 Å². The standard InChI is InChI=1S/C13H22O3S2/c1-9(14)18-6-5-10-7-17-8-11(10)12(15)16-13(2,3)4/h10-11H,5-8H2,1-4H3/t10-,11-/m0/s1. The van der Waals surface area contributed by atoms with Crippen LogP contribution in [0.4, 0.5) is 0 Å². The Labute approximate surface area is 118 Å². The molecule has 18 heavy (non-hydrogen) atoms. The Balaban J connectivity index is 2.43. The van der Waals surface area contributed by atoms with E-state index in [-0.39, 0.29) is 17.0 Å². The van der Waals surface area contributed by atoms with Crippen LogP contribution in [-0.4, -0.2) is 33.9 Å². The first kappa shape index (κ1) is 15.9. The maximum Gasteiger partial charge on any atom is 0.310 e. The molecule has 104 valence electrons. The predicted molar refractivity (Wildman–Crippen MR) is 77.9 cm³/mol. The summed E-state index contributed by atoms with van der Waals surface area (Å²) in [6.07, 6.45) is 0.918. The van der Waals surface area contributed by atoms with E-state index in [2.05, 4.69) is 0 Å². The summed E-state index contributed by atoms with van der Waals surface area (Å²) in [7, 11) is 0. The lowest BCUT2D eigenvalue weighted by atomic mass is 9.93. The van der Waals surface area contributed by atoms with Crippen molar-refractivity contribution < 1.29 is 14.3 Å². The molecule has 1 aliphatic heterocycles. The summed E-state index contributed by atoms with van der Waals surface area (Å²) >= 11 is 3.15. The Kier molecular flexibility index (Phi) is 6.05. The van der Waals surface area contributed by atoms with E-state index in [0.29, 0.717) is 5.92 Å². The van der Waals surface area contributed by atoms with E-state index in [9.17, 15) is 9.59 Å². The topological polar surface area (TPSA) is 43.4 Å². The first-order valence-electron chi connectivity index (χ1n) is 6.23. The van der Waals surface area contributed by atoms with Gasteiger partial charge in [-0.15, -0.1) is 0 Å². The van der Waals surface area contributed by atoms with Crippen molar-refractivity contribution in [1.29, 1.82) is 0 Å². The number of rotatable bonds is 4. The Hall–Kier alpha value is -0.160. The Bertz CT molecular complexity index is 310. The minimum atomic E-state index is -0.414. The third kappa shape index (κ3) is 5.65. The molecular formula is C13H22O3S2. The molecule has 0 amide bonds. The van der Waals surface area contributed by atoms with Crippen molar-refractivity contribution in [2.24, 2.45) is 11.8 Å². The van der Waals surface area contributed by atoms with Crippen LogP contribution in [0.1, 0.15) is 34.1 Å². The van der Waals surface area contributed by atoms with Crippen LogP contribution in [0.5, 0.6) is 0 Å². The molecule has 0 aromatic carbocycles. The fourth-order valence-electron chi connectivity index (χ4n) is 1.88. The van der Waals surface area contributed by atoms with Gasteiger partial charge in [-0.3, -0.25) is 9.59 Å².